The zero-order valence-corrected chi connectivity index (χ0v) is 19.9. The lowest BCUT2D eigenvalue weighted by Gasteiger charge is -2.30. The summed E-state index contributed by atoms with van der Waals surface area (Å²) in [6.07, 6.45) is 4.81. The maximum absolute atomic E-state index is 13.4. The van der Waals surface area contributed by atoms with Gasteiger partial charge in [0.15, 0.2) is 0 Å². The molecule has 7 nitrogen and oxygen atoms in total. The van der Waals surface area contributed by atoms with Crippen molar-refractivity contribution < 1.29 is 9.59 Å². The van der Waals surface area contributed by atoms with E-state index in [1.54, 1.807) is 18.2 Å². The predicted octanol–water partition coefficient (Wildman–Crippen LogP) is 3.88. The van der Waals surface area contributed by atoms with Gasteiger partial charge >= 0.3 is 0 Å². The van der Waals surface area contributed by atoms with Crippen LogP contribution in [0.25, 0.3) is 11.0 Å². The average molecular weight is 480 g/mol. The highest BCUT2D eigenvalue weighted by Crippen LogP contribution is 2.34. The molecule has 0 bridgehead atoms. The number of H-pyrrole nitrogens is 1. The number of hydrogen-bond acceptors (Lipinski definition) is 4. The first-order valence-corrected chi connectivity index (χ1v) is 12.5. The molecule has 34 heavy (non-hydrogen) atoms. The number of carbonyl (C=O) groups excluding carboxylic acids is 2. The maximum atomic E-state index is 13.4. The predicted molar refractivity (Wildman–Crippen MR) is 133 cm³/mol. The molecule has 3 aromatic rings. The van der Waals surface area contributed by atoms with Gasteiger partial charge in [-0.15, -0.1) is 0 Å². The quantitative estimate of drug-likeness (QED) is 0.499. The molecule has 8 heteroatoms. The van der Waals surface area contributed by atoms with Crippen molar-refractivity contribution in [1.82, 2.24) is 20.2 Å². The van der Waals surface area contributed by atoms with Crippen LogP contribution in [0.2, 0.25) is 5.02 Å². The highest BCUT2D eigenvalue weighted by molar-refractivity contribution is 6.31. The van der Waals surface area contributed by atoms with Crippen molar-refractivity contribution in [3.63, 3.8) is 0 Å². The smallest absolute Gasteiger partial charge is 0.254 e. The third kappa shape index (κ3) is 4.68. The molecule has 2 aliphatic heterocycles. The largest absolute Gasteiger partial charge is 0.366 e. The Labute approximate surface area is 204 Å². The van der Waals surface area contributed by atoms with Crippen LogP contribution in [0, 0.1) is 5.92 Å². The van der Waals surface area contributed by atoms with Crippen molar-refractivity contribution in [1.29, 1.82) is 0 Å². The Kier molecular flexibility index (Phi) is 6.57. The van der Waals surface area contributed by atoms with Gasteiger partial charge in [-0.2, -0.15) is 0 Å². The number of piperidine rings is 1. The van der Waals surface area contributed by atoms with Gasteiger partial charge in [-0.05, 0) is 93.1 Å². The van der Waals surface area contributed by atoms with E-state index in [-0.39, 0.29) is 11.8 Å². The second kappa shape index (κ2) is 9.76. The summed E-state index contributed by atoms with van der Waals surface area (Å²) in [5.74, 6) is 0.815. The third-order valence-electron chi connectivity index (χ3n) is 7.17. The number of halogens is 1. The Bertz CT molecular complexity index is 1210. The number of hydrogen-bond donors (Lipinski definition) is 3. The molecule has 0 aliphatic carbocycles. The molecule has 2 amide bonds. The van der Waals surface area contributed by atoms with Crippen molar-refractivity contribution in [2.45, 2.75) is 38.0 Å². The first-order chi connectivity index (χ1) is 16.5. The van der Waals surface area contributed by atoms with Gasteiger partial charge in [0.25, 0.3) is 5.91 Å². The molecule has 4 N–H and O–H groups in total. The normalized spacial score (nSPS) is 19.4. The number of amides is 2. The number of carbonyl (C=O) groups is 2. The lowest BCUT2D eigenvalue weighted by atomic mass is 9.80. The Morgan fingerprint density at radius 3 is 2.71 bits per heavy atom. The minimum Gasteiger partial charge on any atom is -0.366 e. The van der Waals surface area contributed by atoms with Crippen molar-refractivity contribution >= 4 is 34.4 Å². The molecule has 178 valence electrons. The maximum Gasteiger partial charge on any atom is 0.254 e. The minimum absolute atomic E-state index is 0.0282. The van der Waals surface area contributed by atoms with E-state index in [4.69, 9.17) is 22.3 Å². The summed E-state index contributed by atoms with van der Waals surface area (Å²) in [5, 5.41) is 4.16. The van der Waals surface area contributed by atoms with Crippen molar-refractivity contribution in [3.05, 3.63) is 63.9 Å². The fourth-order valence-corrected chi connectivity index (χ4v) is 5.50. The van der Waals surface area contributed by atoms with E-state index in [0.29, 0.717) is 28.5 Å². The number of aromatic amines is 1. The van der Waals surface area contributed by atoms with E-state index in [2.05, 4.69) is 10.3 Å². The average Bonchev–Trinajstić information content (AvgIpc) is 3.52. The van der Waals surface area contributed by atoms with Crippen molar-refractivity contribution in [3.8, 4) is 0 Å². The van der Waals surface area contributed by atoms with Crippen molar-refractivity contribution in [2.75, 3.05) is 26.2 Å². The summed E-state index contributed by atoms with van der Waals surface area (Å²) in [5.41, 5.74) is 9.30. The van der Waals surface area contributed by atoms with Gasteiger partial charge in [0, 0.05) is 35.2 Å². The van der Waals surface area contributed by atoms with Gasteiger partial charge in [-0.1, -0.05) is 11.6 Å². The number of rotatable bonds is 6. The van der Waals surface area contributed by atoms with Gasteiger partial charge < -0.3 is 20.9 Å². The van der Waals surface area contributed by atoms with Crippen LogP contribution >= 0.6 is 11.6 Å². The summed E-state index contributed by atoms with van der Waals surface area (Å²) >= 11 is 6.20. The molecular formula is C26H30ClN5O2. The number of primary amides is 1. The molecule has 1 aromatic heterocycles. The van der Waals surface area contributed by atoms with E-state index >= 15 is 0 Å². The van der Waals surface area contributed by atoms with Gasteiger partial charge in [-0.25, -0.2) is 4.98 Å². The van der Waals surface area contributed by atoms with Crippen LogP contribution in [0.1, 0.15) is 63.7 Å². The van der Waals surface area contributed by atoms with Crippen LogP contribution in [0.3, 0.4) is 0 Å². The number of nitrogens with one attached hydrogen (secondary N) is 2. The lowest BCUT2D eigenvalue weighted by Crippen LogP contribution is -2.35. The lowest BCUT2D eigenvalue weighted by molar-refractivity contribution is 0.0790. The Morgan fingerprint density at radius 1 is 1.15 bits per heavy atom. The van der Waals surface area contributed by atoms with Crippen molar-refractivity contribution in [2.24, 2.45) is 11.7 Å². The van der Waals surface area contributed by atoms with Crippen LogP contribution in [0.15, 0.2) is 36.4 Å². The highest BCUT2D eigenvalue weighted by Gasteiger charge is 2.30. The number of nitrogens with zero attached hydrogens (tertiary/aromatic N) is 2. The topological polar surface area (TPSA) is 104 Å². The fraction of sp³-hybridized carbons (Fsp3) is 0.423. The number of nitrogens with two attached hydrogens (primary N) is 1. The number of benzene rings is 2. The molecule has 0 saturated carbocycles. The van der Waals surface area contributed by atoms with Crippen LogP contribution in [-0.2, 0) is 6.42 Å². The van der Waals surface area contributed by atoms with E-state index in [1.165, 1.54) is 0 Å². The van der Waals surface area contributed by atoms with Gasteiger partial charge in [0.05, 0.1) is 11.0 Å². The number of aromatic nitrogens is 2. The van der Waals surface area contributed by atoms with Crippen LogP contribution < -0.4 is 11.1 Å². The molecule has 2 unspecified atom stereocenters. The summed E-state index contributed by atoms with van der Waals surface area (Å²) < 4.78 is 0. The Hall–Kier alpha value is -2.90. The highest BCUT2D eigenvalue weighted by atomic mass is 35.5. The third-order valence-corrected chi connectivity index (χ3v) is 7.41. The molecule has 3 heterocycles. The van der Waals surface area contributed by atoms with Gasteiger partial charge in [0.2, 0.25) is 5.91 Å². The molecular weight excluding hydrogens is 450 g/mol. The van der Waals surface area contributed by atoms with E-state index in [0.717, 1.165) is 74.3 Å². The first kappa shape index (κ1) is 22.9. The Balaban J connectivity index is 1.55. The zero-order chi connectivity index (χ0) is 23.7. The van der Waals surface area contributed by atoms with Crippen LogP contribution in [0.4, 0.5) is 0 Å². The molecule has 2 aromatic carbocycles. The van der Waals surface area contributed by atoms with Gasteiger partial charge in [-0.3, -0.25) is 9.59 Å². The van der Waals surface area contributed by atoms with E-state index < -0.39 is 5.91 Å². The molecule has 2 fully saturated rings. The number of imidazole rings is 1. The molecule has 2 aliphatic rings. The van der Waals surface area contributed by atoms with Gasteiger partial charge in [0.1, 0.15) is 5.82 Å². The second-order valence-corrected chi connectivity index (χ2v) is 9.87. The fourth-order valence-electron chi connectivity index (χ4n) is 5.34. The molecule has 2 saturated heterocycles. The molecule has 2 atom stereocenters. The molecule has 0 radical (unpaired) electrons. The monoisotopic (exact) mass is 479 g/mol. The van der Waals surface area contributed by atoms with Crippen LogP contribution in [-0.4, -0.2) is 52.9 Å². The minimum atomic E-state index is -0.490. The molecule has 0 spiro atoms. The number of fused-ring (bicyclic) bond motifs is 1. The van der Waals surface area contributed by atoms with Crippen LogP contribution in [0.5, 0.6) is 0 Å². The first-order valence-electron chi connectivity index (χ1n) is 12.1. The Morgan fingerprint density at radius 2 is 1.97 bits per heavy atom. The molecule has 5 rings (SSSR count). The standard InChI is InChI=1S/C26H30ClN5O2/c27-19-6-8-22-23(14-19)31-25(30-22)21(17-4-3-9-29-15-17)13-18-12-16(24(28)33)5-7-20(18)26(34)32-10-1-2-11-32/h5-8,12,14,17,21,29H,1-4,9-11,13,15H2,(H2,28,33)(H,30,31). The van der Waals surface area contributed by atoms with E-state index in [9.17, 15) is 9.59 Å². The second-order valence-electron chi connectivity index (χ2n) is 9.44. The summed E-state index contributed by atoms with van der Waals surface area (Å²) in [4.78, 5) is 35.7. The number of likely N-dealkylation sites (tertiary alicyclic amines) is 1. The summed E-state index contributed by atoms with van der Waals surface area (Å²) in [6, 6.07) is 10.9. The summed E-state index contributed by atoms with van der Waals surface area (Å²) in [6.45, 7) is 3.44. The van der Waals surface area contributed by atoms with E-state index in [1.807, 2.05) is 23.1 Å². The zero-order valence-electron chi connectivity index (χ0n) is 19.1. The summed E-state index contributed by atoms with van der Waals surface area (Å²) in [7, 11) is 0. The SMILES string of the molecule is NC(=O)c1ccc(C(=O)N2CCCC2)c(CC(c2nc3cc(Cl)ccc3[nH]2)C2CCCNC2)c1.